The molecule has 1 aromatic carbocycles. The zero-order chi connectivity index (χ0) is 15.6. The molecule has 8 heteroatoms. The number of halogens is 1. The number of nitrogen functional groups attached to an aromatic ring is 1. The van der Waals surface area contributed by atoms with Crippen molar-refractivity contribution in [2.24, 2.45) is 0 Å². The predicted octanol–water partition coefficient (Wildman–Crippen LogP) is 2.09. The minimum Gasteiger partial charge on any atom is -0.481 e. The quantitative estimate of drug-likeness (QED) is 0.821. The smallest absolute Gasteiger partial charge is 0.313 e. The van der Waals surface area contributed by atoms with Crippen LogP contribution in [0.3, 0.4) is 0 Å². The first-order valence-electron chi connectivity index (χ1n) is 6.21. The Morgan fingerprint density at radius 3 is 2.86 bits per heavy atom. The van der Waals surface area contributed by atoms with Crippen LogP contribution in [-0.2, 0) is 4.79 Å². The van der Waals surface area contributed by atoms with Gasteiger partial charge in [-0.2, -0.15) is 0 Å². The van der Waals surface area contributed by atoms with Gasteiger partial charge in [0.15, 0.2) is 5.16 Å². The lowest BCUT2D eigenvalue weighted by Gasteiger charge is -2.17. The van der Waals surface area contributed by atoms with E-state index in [1.54, 1.807) is 23.6 Å². The van der Waals surface area contributed by atoms with Crippen molar-refractivity contribution in [2.45, 2.75) is 25.0 Å². The van der Waals surface area contributed by atoms with Crippen LogP contribution in [-0.4, -0.2) is 31.6 Å². The molecule has 0 spiro atoms. The van der Waals surface area contributed by atoms with Crippen LogP contribution in [0.5, 0.6) is 0 Å². The Bertz CT molecular complexity index is 674. The number of hydrogen-bond acceptors (Lipinski definition) is 5. The first-order valence-corrected chi connectivity index (χ1v) is 7.19. The van der Waals surface area contributed by atoms with E-state index in [4.69, 9.17) is 10.8 Å². The number of rotatable bonds is 5. The third-order valence-corrected chi connectivity index (χ3v) is 4.01. The van der Waals surface area contributed by atoms with Crippen molar-refractivity contribution >= 4 is 23.7 Å². The molecule has 0 amide bonds. The van der Waals surface area contributed by atoms with Gasteiger partial charge < -0.3 is 10.8 Å². The SMILES string of the molecule is Cc1ccc(C(C)n2c(N)nnc2SCC(=O)O)cc1F. The number of benzene rings is 1. The largest absolute Gasteiger partial charge is 0.481 e. The van der Waals surface area contributed by atoms with Crippen molar-refractivity contribution in [3.8, 4) is 0 Å². The highest BCUT2D eigenvalue weighted by Gasteiger charge is 2.19. The Hall–Kier alpha value is -2.09. The molecule has 21 heavy (non-hydrogen) atoms. The molecule has 0 saturated heterocycles. The molecule has 0 aliphatic heterocycles. The van der Waals surface area contributed by atoms with E-state index in [1.165, 1.54) is 6.07 Å². The summed E-state index contributed by atoms with van der Waals surface area (Å²) in [4.78, 5) is 10.7. The Morgan fingerprint density at radius 2 is 2.24 bits per heavy atom. The lowest BCUT2D eigenvalue weighted by molar-refractivity contribution is -0.133. The number of aryl methyl sites for hydroxylation is 1. The number of thioether (sulfide) groups is 1. The molecule has 0 bridgehead atoms. The molecule has 1 atom stereocenters. The second-order valence-corrected chi connectivity index (χ2v) is 5.52. The summed E-state index contributed by atoms with van der Waals surface area (Å²) in [5.41, 5.74) is 7.06. The Kier molecular flexibility index (Phi) is 4.46. The molecule has 2 rings (SSSR count). The van der Waals surface area contributed by atoms with E-state index in [0.29, 0.717) is 16.3 Å². The second-order valence-electron chi connectivity index (χ2n) is 4.58. The van der Waals surface area contributed by atoms with Gasteiger partial charge in [0, 0.05) is 0 Å². The molecule has 1 heterocycles. The van der Waals surface area contributed by atoms with Gasteiger partial charge in [-0.25, -0.2) is 4.39 Å². The maximum atomic E-state index is 13.7. The van der Waals surface area contributed by atoms with Gasteiger partial charge in [0.2, 0.25) is 5.95 Å². The van der Waals surface area contributed by atoms with Crippen LogP contribution in [0, 0.1) is 12.7 Å². The average Bonchev–Trinajstić information content (AvgIpc) is 2.80. The van der Waals surface area contributed by atoms with E-state index in [2.05, 4.69) is 10.2 Å². The number of aliphatic carboxylic acids is 1. The third-order valence-electron chi connectivity index (χ3n) is 3.08. The standard InChI is InChI=1S/C13H15FN4O2S/c1-7-3-4-9(5-10(7)14)8(2)18-12(15)16-17-13(18)21-6-11(19)20/h3-5,8H,6H2,1-2H3,(H2,15,16)(H,19,20). The zero-order valence-electron chi connectivity index (χ0n) is 11.6. The highest BCUT2D eigenvalue weighted by Crippen LogP contribution is 2.28. The van der Waals surface area contributed by atoms with E-state index in [9.17, 15) is 9.18 Å². The minimum absolute atomic E-state index is 0.146. The van der Waals surface area contributed by atoms with Gasteiger partial charge in [-0.05, 0) is 31.0 Å². The van der Waals surface area contributed by atoms with Gasteiger partial charge in [-0.1, -0.05) is 23.9 Å². The topological polar surface area (TPSA) is 94.0 Å². The number of hydrogen-bond donors (Lipinski definition) is 2. The predicted molar refractivity (Wildman–Crippen MR) is 77.7 cm³/mol. The monoisotopic (exact) mass is 310 g/mol. The maximum absolute atomic E-state index is 13.7. The summed E-state index contributed by atoms with van der Waals surface area (Å²) >= 11 is 1.02. The minimum atomic E-state index is -0.956. The van der Waals surface area contributed by atoms with Gasteiger partial charge in [-0.3, -0.25) is 9.36 Å². The highest BCUT2D eigenvalue weighted by atomic mass is 32.2. The fourth-order valence-electron chi connectivity index (χ4n) is 1.90. The molecule has 0 aliphatic carbocycles. The van der Waals surface area contributed by atoms with Gasteiger partial charge >= 0.3 is 5.97 Å². The molecular formula is C13H15FN4O2S. The Morgan fingerprint density at radius 1 is 1.52 bits per heavy atom. The van der Waals surface area contributed by atoms with E-state index in [1.807, 2.05) is 6.92 Å². The molecule has 1 aromatic heterocycles. The molecule has 1 unspecified atom stereocenters. The van der Waals surface area contributed by atoms with Crippen molar-refractivity contribution in [1.29, 1.82) is 0 Å². The summed E-state index contributed by atoms with van der Waals surface area (Å²) in [6.45, 7) is 3.51. The number of carbonyl (C=O) groups is 1. The molecule has 3 N–H and O–H groups in total. The number of carboxylic acids is 1. The second kappa shape index (κ2) is 6.13. The van der Waals surface area contributed by atoms with Gasteiger partial charge in [0.1, 0.15) is 5.82 Å². The number of nitrogens with two attached hydrogens (primary N) is 1. The fourth-order valence-corrected chi connectivity index (χ4v) is 2.64. The molecule has 2 aromatic rings. The summed E-state index contributed by atoms with van der Waals surface area (Å²) in [5.74, 6) is -1.24. The molecular weight excluding hydrogens is 295 g/mol. The molecule has 112 valence electrons. The lowest BCUT2D eigenvalue weighted by atomic mass is 10.1. The van der Waals surface area contributed by atoms with E-state index >= 15 is 0 Å². The first kappa shape index (κ1) is 15.3. The van der Waals surface area contributed by atoms with Crippen molar-refractivity contribution in [2.75, 3.05) is 11.5 Å². The average molecular weight is 310 g/mol. The van der Waals surface area contributed by atoms with Gasteiger partial charge in [-0.15, -0.1) is 10.2 Å². The summed E-state index contributed by atoms with van der Waals surface area (Å²) in [7, 11) is 0. The molecule has 0 saturated carbocycles. The van der Waals surface area contributed by atoms with Gasteiger partial charge in [0.25, 0.3) is 0 Å². The number of nitrogens with zero attached hydrogens (tertiary/aromatic N) is 3. The Balaban J connectivity index is 2.33. The molecule has 0 fully saturated rings. The fraction of sp³-hybridized carbons (Fsp3) is 0.308. The summed E-state index contributed by atoms with van der Waals surface area (Å²) in [5, 5.41) is 16.8. The van der Waals surface area contributed by atoms with E-state index in [0.717, 1.165) is 11.8 Å². The van der Waals surface area contributed by atoms with E-state index in [-0.39, 0.29) is 23.6 Å². The van der Waals surface area contributed by atoms with Crippen molar-refractivity contribution in [3.05, 3.63) is 35.1 Å². The number of anilines is 1. The molecule has 0 radical (unpaired) electrons. The van der Waals surface area contributed by atoms with Crippen molar-refractivity contribution in [1.82, 2.24) is 14.8 Å². The van der Waals surface area contributed by atoms with Crippen LogP contribution in [0.2, 0.25) is 0 Å². The van der Waals surface area contributed by atoms with Crippen molar-refractivity contribution < 1.29 is 14.3 Å². The van der Waals surface area contributed by atoms with Crippen LogP contribution in [0.25, 0.3) is 0 Å². The van der Waals surface area contributed by atoms with Crippen LogP contribution >= 0.6 is 11.8 Å². The number of aromatic nitrogens is 3. The molecule has 0 aliphatic rings. The third kappa shape index (κ3) is 3.33. The van der Waals surface area contributed by atoms with Crippen LogP contribution < -0.4 is 5.73 Å². The summed E-state index contributed by atoms with van der Waals surface area (Å²) in [6, 6.07) is 4.62. The maximum Gasteiger partial charge on any atom is 0.313 e. The normalized spacial score (nSPS) is 12.3. The highest BCUT2D eigenvalue weighted by molar-refractivity contribution is 7.99. The van der Waals surface area contributed by atoms with Crippen LogP contribution in [0.4, 0.5) is 10.3 Å². The van der Waals surface area contributed by atoms with Gasteiger partial charge in [0.05, 0.1) is 11.8 Å². The van der Waals surface area contributed by atoms with Crippen LogP contribution in [0.15, 0.2) is 23.4 Å². The summed E-state index contributed by atoms with van der Waals surface area (Å²) < 4.78 is 15.3. The zero-order valence-corrected chi connectivity index (χ0v) is 12.4. The van der Waals surface area contributed by atoms with E-state index < -0.39 is 5.97 Å². The number of carboxylic acid groups (broad SMARTS) is 1. The molecule has 6 nitrogen and oxygen atoms in total. The van der Waals surface area contributed by atoms with Crippen molar-refractivity contribution in [3.63, 3.8) is 0 Å². The summed E-state index contributed by atoms with van der Waals surface area (Å²) in [6.07, 6.45) is 0. The van der Waals surface area contributed by atoms with Crippen LogP contribution in [0.1, 0.15) is 24.1 Å². The Labute approximate surface area is 125 Å². The first-order chi connectivity index (χ1) is 9.90. The lowest BCUT2D eigenvalue weighted by Crippen LogP contribution is -2.12.